The summed E-state index contributed by atoms with van der Waals surface area (Å²) in [5.41, 5.74) is 0.353. The molecule has 0 unspecified atom stereocenters. The molecule has 0 amide bonds. The van der Waals surface area contributed by atoms with Crippen LogP contribution in [0.2, 0.25) is 0 Å². The van der Waals surface area contributed by atoms with Gasteiger partial charge in [-0.25, -0.2) is 4.79 Å². The van der Waals surface area contributed by atoms with E-state index in [2.05, 4.69) is 13.5 Å². The van der Waals surface area contributed by atoms with Crippen molar-refractivity contribution in [2.45, 2.75) is 181 Å². The molecule has 4 heteroatoms. The van der Waals surface area contributed by atoms with Gasteiger partial charge in [-0.1, -0.05) is 168 Å². The quantitative estimate of drug-likeness (QED) is 0.0520. The number of hydrogen-bond acceptors (Lipinski definition) is 4. The van der Waals surface area contributed by atoms with Gasteiger partial charge < -0.3 is 9.47 Å². The van der Waals surface area contributed by atoms with E-state index in [9.17, 15) is 9.59 Å². The number of hydrogen-bond donors (Lipinski definition) is 0. The van der Waals surface area contributed by atoms with Crippen molar-refractivity contribution in [3.63, 3.8) is 0 Å². The first kappa shape index (κ1) is 36.7. The van der Waals surface area contributed by atoms with E-state index in [4.69, 9.17) is 9.47 Å². The minimum Gasteiger partial charge on any atom is -0.462 e. The van der Waals surface area contributed by atoms with Crippen molar-refractivity contribution in [3.8, 4) is 0 Å². The molecule has 0 N–H and O–H groups in total. The van der Waals surface area contributed by atoms with Gasteiger partial charge in [-0.15, -0.1) is 0 Å². The minimum atomic E-state index is -0.443. The molecule has 0 rings (SSSR count). The smallest absolute Gasteiger partial charge is 0.333 e. The van der Waals surface area contributed by atoms with E-state index in [-0.39, 0.29) is 19.2 Å². The monoisotopic (exact) mass is 536 g/mol. The van der Waals surface area contributed by atoms with Gasteiger partial charge in [-0.2, -0.15) is 0 Å². The van der Waals surface area contributed by atoms with Crippen LogP contribution >= 0.6 is 0 Å². The zero-order valence-corrected chi connectivity index (χ0v) is 25.6. The van der Waals surface area contributed by atoms with Crippen molar-refractivity contribution in [1.29, 1.82) is 0 Å². The molecule has 38 heavy (non-hydrogen) atoms. The Morgan fingerprint density at radius 2 is 0.763 bits per heavy atom. The molecule has 0 aliphatic heterocycles. The van der Waals surface area contributed by atoms with E-state index in [1.54, 1.807) is 6.92 Å². The van der Waals surface area contributed by atoms with Crippen LogP contribution in [-0.2, 0) is 19.1 Å². The van der Waals surface area contributed by atoms with Crippen LogP contribution in [0.25, 0.3) is 0 Å². The highest BCUT2D eigenvalue weighted by atomic mass is 16.6. The lowest BCUT2D eigenvalue weighted by Gasteiger charge is -2.06. The molecule has 0 radical (unpaired) electrons. The van der Waals surface area contributed by atoms with E-state index in [1.165, 1.54) is 148 Å². The lowest BCUT2D eigenvalue weighted by molar-refractivity contribution is -0.150. The van der Waals surface area contributed by atoms with Crippen molar-refractivity contribution in [2.24, 2.45) is 0 Å². The first-order valence-electron chi connectivity index (χ1n) is 16.6. The molecule has 0 aliphatic rings. The summed E-state index contributed by atoms with van der Waals surface area (Å²) in [5, 5.41) is 0. The van der Waals surface area contributed by atoms with Crippen molar-refractivity contribution in [1.82, 2.24) is 0 Å². The molecule has 0 saturated carbocycles. The molecule has 0 fully saturated rings. The third kappa shape index (κ3) is 29.2. The Morgan fingerprint density at radius 3 is 1.08 bits per heavy atom. The summed E-state index contributed by atoms with van der Waals surface area (Å²) >= 11 is 0. The molecule has 0 spiro atoms. The van der Waals surface area contributed by atoms with Gasteiger partial charge in [0.2, 0.25) is 0 Å². The van der Waals surface area contributed by atoms with E-state index >= 15 is 0 Å². The van der Waals surface area contributed by atoms with Crippen molar-refractivity contribution in [2.75, 3.05) is 13.2 Å². The summed E-state index contributed by atoms with van der Waals surface area (Å²) in [4.78, 5) is 22.9. The van der Waals surface area contributed by atoms with Crippen molar-refractivity contribution in [3.05, 3.63) is 12.2 Å². The molecule has 0 aromatic carbocycles. The average molecular weight is 537 g/mol. The van der Waals surface area contributed by atoms with Gasteiger partial charge in [0.25, 0.3) is 0 Å². The zero-order valence-electron chi connectivity index (χ0n) is 25.6. The molecule has 0 aliphatic carbocycles. The lowest BCUT2D eigenvalue weighted by Crippen LogP contribution is -2.14. The van der Waals surface area contributed by atoms with Gasteiger partial charge in [0.15, 0.2) is 0 Å². The highest BCUT2D eigenvalue weighted by Crippen LogP contribution is 2.16. The Balaban J connectivity index is 3.15. The lowest BCUT2D eigenvalue weighted by atomic mass is 10.0. The number of carbonyl (C=O) groups excluding carboxylic acids is 2. The fraction of sp³-hybridized carbons (Fsp3) is 0.882. The predicted octanol–water partition coefficient (Wildman–Crippen LogP) is 10.8. The fourth-order valence-corrected chi connectivity index (χ4v) is 4.89. The van der Waals surface area contributed by atoms with Crippen LogP contribution in [-0.4, -0.2) is 25.2 Å². The first-order chi connectivity index (χ1) is 18.6. The van der Waals surface area contributed by atoms with E-state index < -0.39 is 5.97 Å². The summed E-state index contributed by atoms with van der Waals surface area (Å²) in [7, 11) is 0. The number of rotatable bonds is 30. The number of carbonyl (C=O) groups is 2. The Hall–Kier alpha value is -1.32. The molecular formula is C34H64O4. The van der Waals surface area contributed by atoms with Crippen LogP contribution in [0.1, 0.15) is 181 Å². The maximum absolute atomic E-state index is 11.7. The summed E-state index contributed by atoms with van der Waals surface area (Å²) in [5.74, 6) is -0.647. The van der Waals surface area contributed by atoms with Gasteiger partial charge in [-0.05, 0) is 13.3 Å². The Bertz CT molecular complexity index is 543. The maximum Gasteiger partial charge on any atom is 0.333 e. The van der Waals surface area contributed by atoms with Gasteiger partial charge in [-0.3, -0.25) is 4.79 Å². The van der Waals surface area contributed by atoms with Gasteiger partial charge in [0.05, 0.1) is 0 Å². The highest BCUT2D eigenvalue weighted by molar-refractivity contribution is 5.86. The molecule has 0 saturated heterocycles. The molecule has 224 valence electrons. The number of esters is 2. The maximum atomic E-state index is 11.7. The van der Waals surface area contributed by atoms with Crippen LogP contribution in [0, 0.1) is 0 Å². The standard InChI is InChI=1S/C34H64O4/c1-4-5-6-7-8-9-10-11-12-13-14-15-16-17-18-19-20-21-22-23-24-25-26-27-28-29-33(35)37-30-31-38-34(36)32(2)3/h2,4-31H2,1,3H3. The largest absolute Gasteiger partial charge is 0.462 e. The molecule has 0 bridgehead atoms. The first-order valence-corrected chi connectivity index (χ1v) is 16.6. The van der Waals surface area contributed by atoms with E-state index in [1.807, 2.05) is 0 Å². The van der Waals surface area contributed by atoms with Crippen LogP contribution in [0.4, 0.5) is 0 Å². The van der Waals surface area contributed by atoms with Crippen LogP contribution in [0.15, 0.2) is 12.2 Å². The van der Waals surface area contributed by atoms with E-state index in [0.29, 0.717) is 12.0 Å². The van der Waals surface area contributed by atoms with Crippen LogP contribution in [0.5, 0.6) is 0 Å². The fourth-order valence-electron chi connectivity index (χ4n) is 4.89. The third-order valence-electron chi connectivity index (χ3n) is 7.41. The predicted molar refractivity (Wildman–Crippen MR) is 162 cm³/mol. The SMILES string of the molecule is C=C(C)C(=O)OCCOC(=O)CCCCCCCCCCCCCCCCCCCCCCCCCCC. The van der Waals surface area contributed by atoms with E-state index in [0.717, 1.165) is 12.8 Å². The van der Waals surface area contributed by atoms with Gasteiger partial charge in [0.1, 0.15) is 13.2 Å². The van der Waals surface area contributed by atoms with Gasteiger partial charge >= 0.3 is 11.9 Å². The zero-order chi connectivity index (χ0) is 27.9. The molecule has 0 atom stereocenters. The summed E-state index contributed by atoms with van der Waals surface area (Å²) in [6.45, 7) is 7.61. The molecule has 0 heterocycles. The normalized spacial score (nSPS) is 11.0. The Kier molecular flexibility index (Phi) is 29.2. The van der Waals surface area contributed by atoms with Crippen LogP contribution in [0.3, 0.4) is 0 Å². The molecule has 0 aromatic heterocycles. The topological polar surface area (TPSA) is 52.6 Å². The molecule has 0 aromatic rings. The number of unbranched alkanes of at least 4 members (excludes halogenated alkanes) is 24. The average Bonchev–Trinajstić information content (AvgIpc) is 2.90. The highest BCUT2D eigenvalue weighted by Gasteiger charge is 2.05. The third-order valence-corrected chi connectivity index (χ3v) is 7.41. The summed E-state index contributed by atoms with van der Waals surface area (Å²) in [6.07, 6.45) is 34.8. The second-order valence-corrected chi connectivity index (χ2v) is 11.4. The molecular weight excluding hydrogens is 472 g/mol. The minimum absolute atomic E-state index is 0.0942. The van der Waals surface area contributed by atoms with Crippen molar-refractivity contribution >= 4 is 11.9 Å². The van der Waals surface area contributed by atoms with Gasteiger partial charge in [0, 0.05) is 12.0 Å². The Morgan fingerprint density at radius 1 is 0.474 bits per heavy atom. The summed E-state index contributed by atoms with van der Waals surface area (Å²) < 4.78 is 9.98. The van der Waals surface area contributed by atoms with Crippen molar-refractivity contribution < 1.29 is 19.1 Å². The molecule has 4 nitrogen and oxygen atoms in total. The second kappa shape index (κ2) is 30.2. The number of ether oxygens (including phenoxy) is 2. The second-order valence-electron chi connectivity index (χ2n) is 11.4. The summed E-state index contributed by atoms with van der Waals surface area (Å²) in [6, 6.07) is 0. The Labute approximate surface area is 237 Å². The van der Waals surface area contributed by atoms with Crippen LogP contribution < -0.4 is 0 Å².